The number of aryl methyl sites for hydroxylation is 6. The van der Waals surface area contributed by atoms with Gasteiger partial charge in [0.1, 0.15) is 0 Å². The van der Waals surface area contributed by atoms with Crippen LogP contribution in [0.3, 0.4) is 0 Å². The maximum atomic E-state index is 11.9. The zero-order chi connectivity index (χ0) is 27.3. The van der Waals surface area contributed by atoms with Crippen LogP contribution >= 0.6 is 0 Å². The molecule has 204 valence electrons. The van der Waals surface area contributed by atoms with Crippen LogP contribution in [0.15, 0.2) is 85.5 Å². The third-order valence-corrected chi connectivity index (χ3v) is 6.40. The summed E-state index contributed by atoms with van der Waals surface area (Å²) in [5.74, 6) is -1.21. The van der Waals surface area contributed by atoms with Gasteiger partial charge in [-0.1, -0.05) is 48.5 Å². The van der Waals surface area contributed by atoms with Crippen molar-refractivity contribution < 1.29 is 76.3 Å². The number of pyridine rings is 2. The maximum Gasteiger partial charge on any atom is 1.00 e. The topological polar surface area (TPSA) is 119 Å². The fourth-order valence-electron chi connectivity index (χ4n) is 4.19. The number of esters is 1. The molecule has 0 unspecified atom stereocenters. The number of aromatic nitrogens is 2. The average Bonchev–Trinajstić information content (AvgIpc) is 2.93. The number of rotatable bonds is 9. The molecular formula is C32H35KN2O5. The van der Waals surface area contributed by atoms with Crippen LogP contribution in [0, 0.1) is 13.8 Å². The largest absolute Gasteiger partial charge is 1.00 e. The van der Waals surface area contributed by atoms with Gasteiger partial charge in [-0.05, 0) is 92.0 Å². The number of carbonyl (C=O) groups is 2. The van der Waals surface area contributed by atoms with Gasteiger partial charge in [0.25, 0.3) is 0 Å². The number of aromatic carboxylic acids is 1. The van der Waals surface area contributed by atoms with Gasteiger partial charge >= 0.3 is 63.3 Å². The molecule has 2 aromatic carbocycles. The summed E-state index contributed by atoms with van der Waals surface area (Å²) >= 11 is 0. The molecule has 2 N–H and O–H groups in total. The number of carboxylic acids is 1. The Hall–Kier alpha value is -2.72. The van der Waals surface area contributed by atoms with Gasteiger partial charge < -0.3 is 15.3 Å². The molecule has 0 spiro atoms. The number of ether oxygens (including phenoxy) is 1. The molecule has 0 aliphatic rings. The first-order chi connectivity index (χ1) is 18.4. The summed E-state index contributed by atoms with van der Waals surface area (Å²) in [7, 11) is 0. The second kappa shape index (κ2) is 18.6. The predicted molar refractivity (Wildman–Crippen MR) is 150 cm³/mol. The van der Waals surface area contributed by atoms with Crippen molar-refractivity contribution in [2.24, 2.45) is 0 Å². The summed E-state index contributed by atoms with van der Waals surface area (Å²) in [6.45, 7) is 6.36. The Bertz CT molecular complexity index is 1380. The first kappa shape index (κ1) is 35.3. The van der Waals surface area contributed by atoms with E-state index in [4.69, 9.17) is 9.84 Å². The smallest absolute Gasteiger partial charge is 0.870 e. The number of benzene rings is 2. The first-order valence-electron chi connectivity index (χ1n) is 12.8. The van der Waals surface area contributed by atoms with E-state index in [1.165, 1.54) is 28.5 Å². The molecule has 0 radical (unpaired) electrons. The predicted octanol–water partition coefficient (Wildman–Crippen LogP) is 3.05. The van der Waals surface area contributed by atoms with Crippen molar-refractivity contribution in [3.63, 3.8) is 0 Å². The Kier molecular flexibility index (Phi) is 16.4. The van der Waals surface area contributed by atoms with Crippen molar-refractivity contribution in [1.29, 1.82) is 0 Å². The second-order valence-corrected chi connectivity index (χ2v) is 8.94. The molecule has 0 aliphatic heterocycles. The van der Waals surface area contributed by atoms with Gasteiger partial charge in [0.05, 0.1) is 17.7 Å². The Labute approximate surface area is 278 Å². The molecular weight excluding hydrogens is 531 g/mol. The molecule has 0 fully saturated rings. The molecule has 0 atom stereocenters. The number of nitrogens with zero attached hydrogens (tertiary/aromatic N) is 2. The van der Waals surface area contributed by atoms with E-state index in [9.17, 15) is 9.59 Å². The van der Waals surface area contributed by atoms with E-state index < -0.39 is 5.97 Å². The van der Waals surface area contributed by atoms with Gasteiger partial charge in [0.15, 0.2) is 0 Å². The third-order valence-electron chi connectivity index (χ3n) is 6.40. The maximum absolute atomic E-state index is 11.9. The van der Waals surface area contributed by atoms with Crippen molar-refractivity contribution >= 4 is 11.9 Å². The zero-order valence-electron chi connectivity index (χ0n) is 23.6. The Morgan fingerprint density at radius 2 is 1.12 bits per heavy atom. The summed E-state index contributed by atoms with van der Waals surface area (Å²) in [6, 6.07) is 20.1. The monoisotopic (exact) mass is 566 g/mol. The molecule has 0 saturated heterocycles. The van der Waals surface area contributed by atoms with E-state index in [1.807, 2.05) is 30.3 Å². The first-order valence-corrected chi connectivity index (χ1v) is 12.8. The van der Waals surface area contributed by atoms with Crippen LogP contribution in [-0.2, 0) is 30.4 Å². The van der Waals surface area contributed by atoms with Crippen LogP contribution in [0.1, 0.15) is 61.0 Å². The summed E-state index contributed by atoms with van der Waals surface area (Å²) in [6.07, 6.45) is 9.63. The van der Waals surface area contributed by atoms with Crippen molar-refractivity contribution in [3.05, 3.63) is 130 Å². The molecule has 0 bridgehead atoms. The molecule has 4 aromatic rings. The molecule has 2 aromatic heterocycles. The standard InChI is InChI=1S/C17H19NO2.C15H15NO2.K.H2O/c1-3-20-17(19)16-12-18-11-10-15(16)9-8-14-7-5-4-6-13(14)2;1-11-4-2-3-5-12(11)6-7-13-8-9-16-10-14(13)15(17)18;;/h4-7,10-12H,3,8-9H2,1-2H3;2-5,8-10H,6-7H2,1H3,(H,17,18);;1H2/q;;+1;/p-1. The minimum absolute atomic E-state index is 0. The number of hydrogen-bond donors (Lipinski definition) is 1. The van der Waals surface area contributed by atoms with E-state index in [-0.39, 0.29) is 62.8 Å². The Morgan fingerprint density at radius 3 is 1.57 bits per heavy atom. The average molecular weight is 567 g/mol. The number of hydrogen-bond acceptors (Lipinski definition) is 6. The summed E-state index contributed by atoms with van der Waals surface area (Å²) in [5, 5.41) is 9.08. The van der Waals surface area contributed by atoms with Crippen molar-refractivity contribution in [2.45, 2.75) is 46.5 Å². The van der Waals surface area contributed by atoms with Crippen molar-refractivity contribution in [3.8, 4) is 0 Å². The van der Waals surface area contributed by atoms with Gasteiger partial charge in [-0.15, -0.1) is 0 Å². The van der Waals surface area contributed by atoms with Gasteiger partial charge in [0.2, 0.25) is 0 Å². The van der Waals surface area contributed by atoms with E-state index in [0.717, 1.165) is 36.8 Å². The minimum atomic E-state index is -0.914. The van der Waals surface area contributed by atoms with Gasteiger partial charge in [-0.3, -0.25) is 9.97 Å². The van der Waals surface area contributed by atoms with E-state index in [1.54, 1.807) is 31.6 Å². The van der Waals surface area contributed by atoms with Crippen LogP contribution < -0.4 is 51.4 Å². The zero-order valence-corrected chi connectivity index (χ0v) is 26.8. The van der Waals surface area contributed by atoms with Gasteiger partial charge in [-0.25, -0.2) is 9.59 Å². The number of carbonyl (C=O) groups excluding carboxylic acids is 1. The normalized spacial score (nSPS) is 9.78. The van der Waals surface area contributed by atoms with Crippen molar-refractivity contribution in [1.82, 2.24) is 9.97 Å². The Balaban J connectivity index is 0.000000383. The SMILES string of the molecule is CCOC(=O)c1cnccc1CCc1ccccc1C.Cc1ccccc1CCc1ccncc1C(=O)O.[K+].[OH-]. The fourth-order valence-corrected chi connectivity index (χ4v) is 4.19. The summed E-state index contributed by atoms with van der Waals surface area (Å²) in [5.41, 5.74) is 7.77. The van der Waals surface area contributed by atoms with Crippen molar-refractivity contribution in [2.75, 3.05) is 6.61 Å². The van der Waals surface area contributed by atoms with E-state index in [2.05, 4.69) is 48.1 Å². The molecule has 7 nitrogen and oxygen atoms in total. The summed E-state index contributed by atoms with van der Waals surface area (Å²) in [4.78, 5) is 30.8. The van der Waals surface area contributed by atoms with Gasteiger partial charge in [0, 0.05) is 24.8 Å². The van der Waals surface area contributed by atoms with Crippen LogP contribution in [-0.4, -0.2) is 39.1 Å². The van der Waals surface area contributed by atoms with E-state index in [0.29, 0.717) is 17.7 Å². The molecule has 0 saturated carbocycles. The molecule has 4 rings (SSSR count). The van der Waals surface area contributed by atoms with Crippen LogP contribution in [0.2, 0.25) is 0 Å². The molecule has 0 amide bonds. The van der Waals surface area contributed by atoms with E-state index >= 15 is 0 Å². The molecule has 0 aliphatic carbocycles. The Morgan fingerprint density at radius 1 is 0.700 bits per heavy atom. The molecule has 2 heterocycles. The van der Waals surface area contributed by atoms with Gasteiger partial charge in [-0.2, -0.15) is 0 Å². The molecule has 8 heteroatoms. The third kappa shape index (κ3) is 10.7. The fraction of sp³-hybridized carbons (Fsp3) is 0.250. The number of carboxylic acid groups (broad SMARTS) is 1. The van der Waals surface area contributed by atoms with Crippen LogP contribution in [0.5, 0.6) is 0 Å². The van der Waals surface area contributed by atoms with Crippen LogP contribution in [0.4, 0.5) is 0 Å². The quantitative estimate of drug-likeness (QED) is 0.244. The summed E-state index contributed by atoms with van der Waals surface area (Å²) < 4.78 is 5.07. The van der Waals surface area contributed by atoms with Crippen LogP contribution in [0.25, 0.3) is 0 Å². The minimum Gasteiger partial charge on any atom is -0.870 e. The molecule has 40 heavy (non-hydrogen) atoms. The second-order valence-electron chi connectivity index (χ2n) is 8.94.